The normalized spacial score (nSPS) is 11.9. The zero-order valence-corrected chi connectivity index (χ0v) is 34.7. The van der Waals surface area contributed by atoms with Gasteiger partial charge in [-0.05, 0) is 64.2 Å². The second kappa shape index (κ2) is 38.9. The number of unbranched alkanes of at least 4 members (excludes halogenated alkanes) is 16. The maximum atomic E-state index is 4.34. The topological polar surface area (TPSA) is 12.4 Å². The summed E-state index contributed by atoms with van der Waals surface area (Å²) in [6.45, 7) is 9.20. The van der Waals surface area contributed by atoms with Crippen molar-refractivity contribution in [1.29, 1.82) is 0 Å². The molecule has 2 unspecified atom stereocenters. The number of hydrogen-bond donors (Lipinski definition) is 1. The van der Waals surface area contributed by atoms with E-state index in [0.29, 0.717) is 0 Å². The minimum absolute atomic E-state index is 0. The van der Waals surface area contributed by atoms with Crippen molar-refractivity contribution in [3.8, 4) is 0 Å². The van der Waals surface area contributed by atoms with Gasteiger partial charge in [-0.15, -0.1) is 22.7 Å². The molecular formula is C41H76BBrNS3. The van der Waals surface area contributed by atoms with Gasteiger partial charge in [0.15, 0.2) is 0 Å². The monoisotopic (exact) mass is 768 g/mol. The van der Waals surface area contributed by atoms with E-state index < -0.39 is 0 Å². The van der Waals surface area contributed by atoms with Crippen molar-refractivity contribution in [1.82, 2.24) is 0 Å². The van der Waals surface area contributed by atoms with E-state index >= 15 is 0 Å². The Bertz CT molecular complexity index is 857. The van der Waals surface area contributed by atoms with Crippen LogP contribution in [0.15, 0.2) is 37.7 Å². The summed E-state index contributed by atoms with van der Waals surface area (Å²) >= 11 is 10.7. The molecule has 2 aromatic heterocycles. The summed E-state index contributed by atoms with van der Waals surface area (Å²) in [7, 11) is 4.34. The summed E-state index contributed by atoms with van der Waals surface area (Å²) in [6, 6.07) is 9.05. The Kier molecular flexibility index (Phi) is 40.7. The van der Waals surface area contributed by atoms with Crippen LogP contribution in [0.2, 0.25) is 0 Å². The van der Waals surface area contributed by atoms with E-state index in [1.165, 1.54) is 171 Å². The van der Waals surface area contributed by atoms with Gasteiger partial charge in [-0.3, -0.25) is 0 Å². The Morgan fingerprint density at radius 1 is 0.596 bits per heavy atom. The Balaban J connectivity index is 0. The molecule has 2 atom stereocenters. The van der Waals surface area contributed by atoms with Crippen LogP contribution < -0.4 is 0 Å². The fourth-order valence-electron chi connectivity index (χ4n) is 6.30. The quantitative estimate of drug-likeness (QED) is 0.0503. The van der Waals surface area contributed by atoms with Crippen molar-refractivity contribution in [2.24, 2.45) is 16.1 Å². The predicted octanol–water partition coefficient (Wildman–Crippen LogP) is 16.8. The third-order valence-electron chi connectivity index (χ3n) is 9.05. The van der Waals surface area contributed by atoms with E-state index in [1.54, 1.807) is 9.75 Å². The third-order valence-corrected chi connectivity index (χ3v) is 11.6. The average molecular weight is 770 g/mol. The minimum atomic E-state index is 0. The zero-order chi connectivity index (χ0) is 33.9. The van der Waals surface area contributed by atoms with Crippen molar-refractivity contribution < 1.29 is 0 Å². The summed E-state index contributed by atoms with van der Waals surface area (Å²) in [5.74, 6) is 1.85. The SMILES string of the molecule is C.CCCCCCCCC(CCCCCC)Cc1ccc(Br)s1.CCCCCCCCC(CCCCCC)Cc1cccs1.[B]=NS. The first-order valence-electron chi connectivity index (χ1n) is 19.3. The van der Waals surface area contributed by atoms with Crippen molar-refractivity contribution >= 4 is 59.1 Å². The van der Waals surface area contributed by atoms with E-state index in [2.05, 4.69) is 98.0 Å². The number of hydrogen-bond acceptors (Lipinski definition) is 4. The number of halogens is 1. The van der Waals surface area contributed by atoms with Gasteiger partial charge < -0.3 is 0 Å². The molecule has 0 bridgehead atoms. The second-order valence-corrected chi connectivity index (χ2v) is 17.2. The van der Waals surface area contributed by atoms with Crippen LogP contribution in [-0.2, 0) is 12.8 Å². The molecular weight excluding hydrogens is 693 g/mol. The van der Waals surface area contributed by atoms with E-state index in [1.807, 2.05) is 22.7 Å². The van der Waals surface area contributed by atoms with Crippen LogP contribution >= 0.6 is 51.4 Å². The molecule has 47 heavy (non-hydrogen) atoms. The molecule has 0 aliphatic carbocycles. The van der Waals surface area contributed by atoms with Gasteiger partial charge in [0.2, 0.25) is 0 Å². The van der Waals surface area contributed by atoms with Crippen LogP contribution in [0.1, 0.15) is 199 Å². The molecule has 0 N–H and O–H groups in total. The summed E-state index contributed by atoms with van der Waals surface area (Å²) in [5, 5.41) is 2.23. The molecule has 1 nitrogen and oxygen atoms in total. The standard InChI is InChI=1S/C20H35BrS.C20H36S.CH4.BHNS/c1-3-5-7-9-10-12-14-18(13-11-8-6-4-2)17-19-15-16-20(21)22-19;1-3-5-7-9-10-12-15-19(14-11-8-6-4-2)18-20-16-13-17-21-20;;1-2-3/h15-16,18H,3-14,17H2,1-2H3;13,16-17,19H,3-12,14-15,18H2,1-2H3;1H4;3H. The Morgan fingerprint density at radius 3 is 1.30 bits per heavy atom. The number of thiophene rings is 2. The van der Waals surface area contributed by atoms with Crippen molar-refractivity contribution in [3.05, 3.63) is 43.2 Å². The van der Waals surface area contributed by atoms with E-state index in [0.717, 1.165) is 11.8 Å². The molecule has 2 rings (SSSR count). The van der Waals surface area contributed by atoms with Crippen LogP contribution in [0.4, 0.5) is 0 Å². The molecule has 0 amide bonds. The molecule has 1 radical (unpaired) electrons. The van der Waals surface area contributed by atoms with Gasteiger partial charge in [0.1, 0.15) is 0 Å². The van der Waals surface area contributed by atoms with Gasteiger partial charge in [0, 0.05) is 9.75 Å². The molecule has 2 aromatic rings. The number of nitrogens with zero attached hydrogens (tertiary/aromatic N) is 1. The summed E-state index contributed by atoms with van der Waals surface area (Å²) < 4.78 is 3.98. The van der Waals surface area contributed by atoms with Crippen molar-refractivity contribution in [3.63, 3.8) is 0 Å². The van der Waals surface area contributed by atoms with E-state index in [-0.39, 0.29) is 7.43 Å². The molecule has 6 heteroatoms. The molecule has 0 aromatic carbocycles. The Morgan fingerprint density at radius 2 is 0.957 bits per heavy atom. The predicted molar refractivity (Wildman–Crippen MR) is 228 cm³/mol. The molecule has 0 saturated heterocycles. The molecule has 273 valence electrons. The molecule has 2 heterocycles. The van der Waals surface area contributed by atoms with E-state index in [4.69, 9.17) is 0 Å². The van der Waals surface area contributed by atoms with Crippen LogP contribution in [0.5, 0.6) is 0 Å². The van der Waals surface area contributed by atoms with Crippen molar-refractivity contribution in [2.75, 3.05) is 0 Å². The van der Waals surface area contributed by atoms with Crippen LogP contribution in [0.3, 0.4) is 0 Å². The van der Waals surface area contributed by atoms with Gasteiger partial charge in [-0.25, -0.2) is 0 Å². The first-order valence-corrected chi connectivity index (χ1v) is 22.2. The third kappa shape index (κ3) is 33.0. The molecule has 0 aliphatic heterocycles. The Hall–Kier alpha value is 0.0949. The summed E-state index contributed by atoms with van der Waals surface area (Å²) in [5.41, 5.74) is 0. The van der Waals surface area contributed by atoms with Gasteiger partial charge in [0.25, 0.3) is 0 Å². The van der Waals surface area contributed by atoms with Gasteiger partial charge in [-0.1, -0.05) is 195 Å². The molecule has 0 aliphatic rings. The van der Waals surface area contributed by atoms with Gasteiger partial charge in [0.05, 0.1) is 3.79 Å². The van der Waals surface area contributed by atoms with Gasteiger partial charge in [-0.2, -0.15) is 0 Å². The van der Waals surface area contributed by atoms with Crippen LogP contribution in [0, 0.1) is 11.8 Å². The summed E-state index contributed by atoms with van der Waals surface area (Å²) in [4.78, 5) is 3.17. The van der Waals surface area contributed by atoms with Crippen LogP contribution in [0.25, 0.3) is 0 Å². The second-order valence-electron chi connectivity index (χ2n) is 13.4. The fourth-order valence-corrected chi connectivity index (χ4v) is 8.72. The van der Waals surface area contributed by atoms with Gasteiger partial charge >= 0.3 is 24.8 Å². The first-order chi connectivity index (χ1) is 22.5. The number of rotatable bonds is 28. The summed E-state index contributed by atoms with van der Waals surface area (Å²) in [6.07, 6.45) is 36.8. The molecule has 0 saturated carbocycles. The first kappa shape index (κ1) is 49.2. The van der Waals surface area contributed by atoms with Crippen LogP contribution in [-0.4, -0.2) is 7.64 Å². The average Bonchev–Trinajstić information content (AvgIpc) is 3.72. The fraction of sp³-hybridized carbons (Fsp3) is 0.805. The Labute approximate surface area is 318 Å². The van der Waals surface area contributed by atoms with E-state index in [9.17, 15) is 0 Å². The van der Waals surface area contributed by atoms with Crippen molar-refractivity contribution in [2.45, 2.75) is 202 Å². The number of thiol groups is 1. The molecule has 0 spiro atoms. The maximum absolute atomic E-state index is 4.34. The molecule has 0 fully saturated rings. The zero-order valence-electron chi connectivity index (χ0n) is 30.6.